The van der Waals surface area contributed by atoms with E-state index in [1.165, 1.54) is 63.6 Å². The van der Waals surface area contributed by atoms with E-state index in [0.29, 0.717) is 28.0 Å². The van der Waals surface area contributed by atoms with Crippen molar-refractivity contribution in [2.75, 3.05) is 43.0 Å². The van der Waals surface area contributed by atoms with Crippen LogP contribution in [0.2, 0.25) is 0 Å². The van der Waals surface area contributed by atoms with E-state index in [-0.39, 0.29) is 22.1 Å². The second kappa shape index (κ2) is 13.6. The van der Waals surface area contributed by atoms with Crippen LogP contribution >= 0.6 is 11.3 Å². The zero-order chi connectivity index (χ0) is 41.1. The molecule has 5 heterocycles. The van der Waals surface area contributed by atoms with Gasteiger partial charge in [-0.2, -0.15) is 5.10 Å². The fourth-order valence-corrected chi connectivity index (χ4v) is 15.1. The molecule has 1 aromatic carbocycles. The number of likely N-dealkylation sites (tertiary alicyclic amines) is 1. The number of aromatic nitrogens is 4. The maximum atomic E-state index is 13.0. The number of fused-ring (bicyclic) bond motifs is 2. The minimum absolute atomic E-state index is 0.0401. The quantitative estimate of drug-likeness (QED) is 0.127. The number of nitrogens with zero attached hydrogens (tertiary/aromatic N) is 7. The highest BCUT2D eigenvalue weighted by Crippen LogP contribution is 2.95. The number of rotatable bonds is 13. The second-order valence-corrected chi connectivity index (χ2v) is 20.6. The van der Waals surface area contributed by atoms with Gasteiger partial charge in [-0.15, -0.1) is 0 Å². The van der Waals surface area contributed by atoms with Crippen molar-refractivity contribution in [2.45, 2.75) is 111 Å². The summed E-state index contributed by atoms with van der Waals surface area (Å²) in [6.07, 6.45) is 12.2. The van der Waals surface area contributed by atoms with Gasteiger partial charge in [-0.1, -0.05) is 31.3 Å². The summed E-state index contributed by atoms with van der Waals surface area (Å²) in [5.74, 6) is 0.240. The number of aromatic carboxylic acids is 1. The van der Waals surface area contributed by atoms with Crippen molar-refractivity contribution in [3.8, 4) is 11.1 Å². The smallest absolute Gasteiger partial charge is 0.355 e. The normalized spacial score (nSPS) is 31.3. The molecule has 2 aliphatic heterocycles. The highest BCUT2D eigenvalue weighted by Gasteiger charge is 2.93. The molecule has 11 nitrogen and oxygen atoms in total. The number of ether oxygens (including phenoxy) is 1. The number of carboxylic acids is 1. The third kappa shape index (κ3) is 5.68. The highest BCUT2D eigenvalue weighted by atomic mass is 32.1. The molecule has 2 N–H and O–H groups in total. The van der Waals surface area contributed by atoms with Gasteiger partial charge in [0.05, 0.1) is 28.6 Å². The van der Waals surface area contributed by atoms with E-state index < -0.39 is 5.97 Å². The Balaban J connectivity index is 0.887. The van der Waals surface area contributed by atoms with Crippen molar-refractivity contribution < 1.29 is 14.6 Å². The van der Waals surface area contributed by atoms with E-state index in [4.69, 9.17) is 19.8 Å². The molecule has 4 aliphatic carbocycles. The lowest BCUT2D eigenvalue weighted by atomic mass is 9.25. The number of thiazole rings is 1. The first-order valence-electron chi connectivity index (χ1n) is 21.7. The molecule has 0 radical (unpaired) electrons. The van der Waals surface area contributed by atoms with Gasteiger partial charge in [0.2, 0.25) is 0 Å². The molecule has 2 unspecified atom stereocenters. The van der Waals surface area contributed by atoms with Crippen LogP contribution in [-0.4, -0.2) is 80.8 Å². The lowest BCUT2D eigenvalue weighted by Crippen LogP contribution is -2.82. The fraction of sp³-hybridized carbons (Fsp3) is 0.553. The Morgan fingerprint density at radius 2 is 1.75 bits per heavy atom. The summed E-state index contributed by atoms with van der Waals surface area (Å²) in [5.41, 5.74) is 8.83. The SMILES string of the molecule is C=N/C(Nc1nc2ccc(C)cc2s1)=C(/C)C1=C(C)N(c2ccc(-c3cnn(CC45CC6(C)CC7(OCCN8CCCC8)CC(C)(C4)C67C5)c3C)c(C(=O)O)n2)CCC1. The molecule has 4 aromatic rings. The van der Waals surface area contributed by atoms with Crippen LogP contribution in [0, 0.1) is 35.5 Å². The molecule has 2 atom stereocenters. The molecular formula is C47H58N8O3S. The Labute approximate surface area is 351 Å². The Bertz CT molecular complexity index is 2450. The summed E-state index contributed by atoms with van der Waals surface area (Å²) in [6.45, 7) is 23.2. The topological polar surface area (TPSA) is 121 Å². The number of hydrogen-bond donors (Lipinski definition) is 2. The monoisotopic (exact) mass is 814 g/mol. The van der Waals surface area contributed by atoms with E-state index >= 15 is 0 Å². The molecule has 310 valence electrons. The lowest BCUT2D eigenvalue weighted by Gasteiger charge is -2.82. The molecular weight excluding hydrogens is 757 g/mol. The first kappa shape index (κ1) is 38.8. The van der Waals surface area contributed by atoms with Crippen molar-refractivity contribution in [1.82, 2.24) is 24.6 Å². The second-order valence-electron chi connectivity index (χ2n) is 19.5. The zero-order valence-corrected chi connectivity index (χ0v) is 36.4. The summed E-state index contributed by atoms with van der Waals surface area (Å²) < 4.78 is 10.2. The summed E-state index contributed by atoms with van der Waals surface area (Å²) >= 11 is 1.59. The van der Waals surface area contributed by atoms with Gasteiger partial charge >= 0.3 is 5.97 Å². The van der Waals surface area contributed by atoms with Gasteiger partial charge in [0.1, 0.15) is 11.6 Å². The number of hydrogen-bond acceptors (Lipinski definition) is 10. The molecule has 59 heavy (non-hydrogen) atoms. The largest absolute Gasteiger partial charge is 0.476 e. The van der Waals surface area contributed by atoms with E-state index in [0.717, 1.165) is 82.5 Å². The van der Waals surface area contributed by atoms with Gasteiger partial charge in [-0.05, 0) is 163 Å². The number of allylic oxidation sites excluding steroid dienone is 3. The molecule has 5 fully saturated rings. The van der Waals surface area contributed by atoms with Crippen LogP contribution in [0.25, 0.3) is 21.3 Å². The van der Waals surface area contributed by atoms with Crippen LogP contribution in [0.1, 0.15) is 107 Å². The van der Waals surface area contributed by atoms with Crippen LogP contribution in [0.15, 0.2) is 64.2 Å². The molecule has 4 saturated carbocycles. The third-order valence-electron chi connectivity index (χ3n) is 16.0. The molecule has 0 amide bonds. The van der Waals surface area contributed by atoms with Gasteiger partial charge in [-0.25, -0.2) is 19.8 Å². The van der Waals surface area contributed by atoms with Crippen molar-refractivity contribution in [3.05, 3.63) is 76.1 Å². The summed E-state index contributed by atoms with van der Waals surface area (Å²) in [5, 5.41) is 19.8. The van der Waals surface area contributed by atoms with Crippen LogP contribution in [0.4, 0.5) is 10.9 Å². The lowest BCUT2D eigenvalue weighted by molar-refractivity contribution is -0.397. The fourth-order valence-electron chi connectivity index (χ4n) is 14.2. The number of carboxylic acid groups (broad SMARTS) is 1. The van der Waals surface area contributed by atoms with Crippen LogP contribution < -0.4 is 10.2 Å². The predicted octanol–water partition coefficient (Wildman–Crippen LogP) is 9.63. The number of pyridine rings is 1. The van der Waals surface area contributed by atoms with Crippen LogP contribution in [0.3, 0.4) is 0 Å². The minimum atomic E-state index is -1.04. The van der Waals surface area contributed by atoms with Crippen molar-refractivity contribution in [3.63, 3.8) is 0 Å². The third-order valence-corrected chi connectivity index (χ3v) is 16.9. The first-order chi connectivity index (χ1) is 28.2. The highest BCUT2D eigenvalue weighted by molar-refractivity contribution is 7.22. The van der Waals surface area contributed by atoms with E-state index in [1.807, 2.05) is 24.4 Å². The maximum absolute atomic E-state index is 13.0. The van der Waals surface area contributed by atoms with E-state index in [9.17, 15) is 9.90 Å². The molecule has 2 bridgehead atoms. The predicted molar refractivity (Wildman–Crippen MR) is 235 cm³/mol. The zero-order valence-electron chi connectivity index (χ0n) is 35.6. The average molecular weight is 815 g/mol. The average Bonchev–Trinajstić information content (AvgIpc) is 4.01. The Hall–Kier alpha value is -4.39. The Morgan fingerprint density at radius 3 is 2.47 bits per heavy atom. The molecule has 3 aromatic heterocycles. The number of aryl methyl sites for hydroxylation is 1. The number of anilines is 2. The van der Waals surface area contributed by atoms with Crippen molar-refractivity contribution in [1.29, 1.82) is 0 Å². The summed E-state index contributed by atoms with van der Waals surface area (Å²) in [7, 11) is 0. The number of benzene rings is 1. The summed E-state index contributed by atoms with van der Waals surface area (Å²) in [4.78, 5) is 31.7. The van der Waals surface area contributed by atoms with Crippen molar-refractivity contribution in [2.24, 2.45) is 26.7 Å². The number of aliphatic imine (C=N–C) groups is 1. The van der Waals surface area contributed by atoms with E-state index in [2.05, 4.69) is 85.2 Å². The van der Waals surface area contributed by atoms with Crippen LogP contribution in [0.5, 0.6) is 0 Å². The Kier molecular flexibility index (Phi) is 8.91. The maximum Gasteiger partial charge on any atom is 0.355 e. The van der Waals surface area contributed by atoms with Crippen molar-refractivity contribution >= 4 is 45.2 Å². The van der Waals surface area contributed by atoms with Gasteiger partial charge in [-0.3, -0.25) is 4.68 Å². The van der Waals surface area contributed by atoms with E-state index in [1.54, 1.807) is 11.3 Å². The molecule has 6 aliphatic rings. The standard InChI is InChI=1S/C47H58N8O3S/c1-29-12-14-36-37(21-29)59-42(50-36)52-40(48-7)30(2)33-11-10-18-54(31(33)3)38-15-13-34(39(51-38)41(56)57)35-22-49-55(32(35)4)28-45-23-43(5)25-46(58-20-19-53-16-8-9-17-53)26-44(6,24-45)47(43,46)27-45/h12-15,21-22H,7-11,16-20,23-28H2,1-6H3,(H,50,52)(H,56,57)/b40-30+. The molecule has 12 heteroatoms. The van der Waals surface area contributed by atoms with Gasteiger partial charge in [0.25, 0.3) is 0 Å². The Morgan fingerprint density at radius 1 is 0.983 bits per heavy atom. The molecule has 1 saturated heterocycles. The molecule has 10 rings (SSSR count). The first-order valence-corrected chi connectivity index (χ1v) is 22.5. The van der Waals surface area contributed by atoms with Gasteiger partial charge in [0.15, 0.2) is 10.8 Å². The minimum Gasteiger partial charge on any atom is -0.476 e. The van der Waals surface area contributed by atoms with Gasteiger partial charge in [0, 0.05) is 47.6 Å². The number of nitrogens with one attached hydrogen (secondary N) is 1. The number of carbonyl (C=O) groups is 1. The van der Waals surface area contributed by atoms with Crippen LogP contribution in [-0.2, 0) is 11.3 Å². The summed E-state index contributed by atoms with van der Waals surface area (Å²) in [6, 6.07) is 10.1. The van der Waals surface area contributed by atoms with Gasteiger partial charge < -0.3 is 25.0 Å². The molecule has 1 spiro atoms.